The molecule has 6 nitrogen and oxygen atoms in total. The number of halogens is 1. The number of hydrogen-bond donors (Lipinski definition) is 0. The van der Waals surface area contributed by atoms with Crippen molar-refractivity contribution in [2.75, 3.05) is 20.3 Å². The summed E-state index contributed by atoms with van der Waals surface area (Å²) < 4.78 is 10.8. The van der Waals surface area contributed by atoms with Crippen molar-refractivity contribution in [3.8, 4) is 0 Å². The van der Waals surface area contributed by atoms with Gasteiger partial charge < -0.3 is 14.1 Å². The second-order valence-electron chi connectivity index (χ2n) is 5.16. The number of aromatic nitrogens is 2. The standard InChI is InChI=1S/C17H16ClN3O3/c1-23-9-8-21(17(22)12-6-7-15(18)19-10-12)11-16-20-13-4-2-3-5-14(13)24-16/h2-7,10H,8-9,11H2,1H3. The minimum atomic E-state index is -0.182. The molecule has 0 aliphatic rings. The third-order valence-electron chi connectivity index (χ3n) is 3.49. The minimum absolute atomic E-state index is 0.182. The van der Waals surface area contributed by atoms with Crippen molar-refractivity contribution in [1.82, 2.24) is 14.9 Å². The number of carbonyl (C=O) groups excluding carboxylic acids is 1. The number of para-hydroxylation sites is 2. The normalized spacial score (nSPS) is 10.9. The molecule has 0 unspecified atom stereocenters. The van der Waals surface area contributed by atoms with Crippen molar-refractivity contribution in [1.29, 1.82) is 0 Å². The fraction of sp³-hybridized carbons (Fsp3) is 0.235. The van der Waals surface area contributed by atoms with Crippen LogP contribution in [0.5, 0.6) is 0 Å². The van der Waals surface area contributed by atoms with E-state index in [1.807, 2.05) is 24.3 Å². The summed E-state index contributed by atoms with van der Waals surface area (Å²) in [5.41, 5.74) is 1.91. The quantitative estimate of drug-likeness (QED) is 0.642. The first-order chi connectivity index (χ1) is 11.7. The van der Waals surface area contributed by atoms with E-state index < -0.39 is 0 Å². The van der Waals surface area contributed by atoms with Gasteiger partial charge in [0, 0.05) is 19.9 Å². The second-order valence-corrected chi connectivity index (χ2v) is 5.55. The first kappa shape index (κ1) is 16.4. The van der Waals surface area contributed by atoms with Crippen LogP contribution in [0.3, 0.4) is 0 Å². The van der Waals surface area contributed by atoms with E-state index in [0.29, 0.717) is 35.3 Å². The van der Waals surface area contributed by atoms with E-state index in [9.17, 15) is 4.79 Å². The Hall–Kier alpha value is -2.44. The highest BCUT2D eigenvalue weighted by molar-refractivity contribution is 6.29. The zero-order valence-corrected chi connectivity index (χ0v) is 13.9. The molecular formula is C17H16ClN3O3. The number of oxazole rings is 1. The Bertz CT molecular complexity index is 799. The molecule has 0 fully saturated rings. The molecule has 0 atom stereocenters. The molecular weight excluding hydrogens is 330 g/mol. The van der Waals surface area contributed by atoms with E-state index in [0.717, 1.165) is 5.52 Å². The number of benzene rings is 1. The topological polar surface area (TPSA) is 68.5 Å². The summed E-state index contributed by atoms with van der Waals surface area (Å²) in [7, 11) is 1.59. The molecule has 0 N–H and O–H groups in total. The van der Waals surface area contributed by atoms with Crippen molar-refractivity contribution in [3.63, 3.8) is 0 Å². The summed E-state index contributed by atoms with van der Waals surface area (Å²) in [5.74, 6) is 0.293. The molecule has 124 valence electrons. The van der Waals surface area contributed by atoms with Gasteiger partial charge >= 0.3 is 0 Å². The number of pyridine rings is 1. The highest BCUT2D eigenvalue weighted by Crippen LogP contribution is 2.17. The van der Waals surface area contributed by atoms with E-state index >= 15 is 0 Å². The number of ether oxygens (including phenoxy) is 1. The molecule has 0 bridgehead atoms. The van der Waals surface area contributed by atoms with Gasteiger partial charge in [-0.3, -0.25) is 4.79 Å². The molecule has 1 amide bonds. The fourth-order valence-electron chi connectivity index (χ4n) is 2.29. The summed E-state index contributed by atoms with van der Waals surface area (Å²) in [4.78, 5) is 22.7. The number of amides is 1. The van der Waals surface area contributed by atoms with E-state index in [2.05, 4.69) is 9.97 Å². The van der Waals surface area contributed by atoms with Crippen molar-refractivity contribution in [2.24, 2.45) is 0 Å². The van der Waals surface area contributed by atoms with Gasteiger partial charge in [0.05, 0.1) is 18.7 Å². The van der Waals surface area contributed by atoms with Crippen LogP contribution in [0.25, 0.3) is 11.1 Å². The number of nitrogens with zero attached hydrogens (tertiary/aromatic N) is 3. The first-order valence-corrected chi connectivity index (χ1v) is 7.79. The van der Waals surface area contributed by atoms with Crippen LogP contribution >= 0.6 is 11.6 Å². The zero-order chi connectivity index (χ0) is 16.9. The maximum Gasteiger partial charge on any atom is 0.255 e. The van der Waals surface area contributed by atoms with Crippen molar-refractivity contribution < 1.29 is 13.9 Å². The van der Waals surface area contributed by atoms with Gasteiger partial charge in [0.15, 0.2) is 5.58 Å². The van der Waals surface area contributed by atoms with Crippen LogP contribution in [0, 0.1) is 0 Å². The monoisotopic (exact) mass is 345 g/mol. The molecule has 0 aliphatic carbocycles. The van der Waals surface area contributed by atoms with Crippen LogP contribution in [0.2, 0.25) is 5.15 Å². The number of rotatable bonds is 6. The Kier molecular flexibility index (Phi) is 5.08. The Labute approximate surface area is 144 Å². The minimum Gasteiger partial charge on any atom is -0.439 e. The molecule has 3 rings (SSSR count). The fourth-order valence-corrected chi connectivity index (χ4v) is 2.40. The number of hydrogen-bond acceptors (Lipinski definition) is 5. The molecule has 0 saturated carbocycles. The summed E-state index contributed by atoms with van der Waals surface area (Å²) in [6.07, 6.45) is 1.45. The highest BCUT2D eigenvalue weighted by atomic mass is 35.5. The van der Waals surface area contributed by atoms with E-state index in [-0.39, 0.29) is 12.5 Å². The predicted octanol–water partition coefficient (Wildman–Crippen LogP) is 3.17. The lowest BCUT2D eigenvalue weighted by molar-refractivity contribution is 0.0663. The van der Waals surface area contributed by atoms with Gasteiger partial charge in [0.2, 0.25) is 5.89 Å². The van der Waals surface area contributed by atoms with Crippen molar-refractivity contribution in [3.05, 3.63) is 59.2 Å². The molecule has 3 aromatic rings. The summed E-state index contributed by atoms with van der Waals surface area (Å²) in [6, 6.07) is 10.7. The maximum absolute atomic E-state index is 12.7. The van der Waals surface area contributed by atoms with Crippen LogP contribution < -0.4 is 0 Å². The van der Waals surface area contributed by atoms with Gasteiger partial charge in [-0.1, -0.05) is 23.7 Å². The van der Waals surface area contributed by atoms with Gasteiger partial charge in [-0.25, -0.2) is 9.97 Å². The maximum atomic E-state index is 12.7. The van der Waals surface area contributed by atoms with Gasteiger partial charge in [0.1, 0.15) is 10.7 Å². The summed E-state index contributed by atoms with van der Waals surface area (Å²) in [5, 5.41) is 0.342. The van der Waals surface area contributed by atoms with Gasteiger partial charge in [-0.15, -0.1) is 0 Å². The lowest BCUT2D eigenvalue weighted by Crippen LogP contribution is -2.33. The molecule has 0 aliphatic heterocycles. The van der Waals surface area contributed by atoms with E-state index in [1.54, 1.807) is 24.1 Å². The van der Waals surface area contributed by atoms with Crippen molar-refractivity contribution >= 4 is 28.6 Å². The third kappa shape index (κ3) is 3.72. The van der Waals surface area contributed by atoms with Gasteiger partial charge in [-0.2, -0.15) is 0 Å². The molecule has 0 spiro atoms. The zero-order valence-electron chi connectivity index (χ0n) is 13.1. The summed E-state index contributed by atoms with van der Waals surface area (Å²) >= 11 is 5.77. The Morgan fingerprint density at radius 2 is 2.12 bits per heavy atom. The third-order valence-corrected chi connectivity index (χ3v) is 3.71. The van der Waals surface area contributed by atoms with Crippen molar-refractivity contribution in [2.45, 2.75) is 6.54 Å². The van der Waals surface area contributed by atoms with Gasteiger partial charge in [-0.05, 0) is 24.3 Å². The number of methoxy groups -OCH3 is 1. The molecule has 2 aromatic heterocycles. The van der Waals surface area contributed by atoms with E-state index in [1.165, 1.54) is 6.20 Å². The highest BCUT2D eigenvalue weighted by Gasteiger charge is 2.19. The van der Waals surface area contributed by atoms with Crippen LogP contribution in [0.15, 0.2) is 47.0 Å². The Balaban J connectivity index is 1.82. The lowest BCUT2D eigenvalue weighted by atomic mass is 10.2. The molecule has 2 heterocycles. The largest absolute Gasteiger partial charge is 0.439 e. The van der Waals surface area contributed by atoms with Crippen LogP contribution in [-0.4, -0.2) is 41.0 Å². The molecule has 1 aromatic carbocycles. The molecule has 0 saturated heterocycles. The Morgan fingerprint density at radius 3 is 2.83 bits per heavy atom. The van der Waals surface area contributed by atoms with Crippen LogP contribution in [0.1, 0.15) is 16.2 Å². The summed E-state index contributed by atoms with van der Waals surface area (Å²) in [6.45, 7) is 1.07. The number of fused-ring (bicyclic) bond motifs is 1. The predicted molar refractivity (Wildman–Crippen MR) is 89.9 cm³/mol. The van der Waals surface area contributed by atoms with Crippen LogP contribution in [0.4, 0.5) is 0 Å². The lowest BCUT2D eigenvalue weighted by Gasteiger charge is -2.20. The number of carbonyl (C=O) groups is 1. The van der Waals surface area contributed by atoms with Crippen LogP contribution in [-0.2, 0) is 11.3 Å². The van der Waals surface area contributed by atoms with Gasteiger partial charge in [0.25, 0.3) is 5.91 Å². The smallest absolute Gasteiger partial charge is 0.255 e. The molecule has 7 heteroatoms. The van der Waals surface area contributed by atoms with E-state index in [4.69, 9.17) is 20.8 Å². The average molecular weight is 346 g/mol. The molecule has 0 radical (unpaired) electrons. The second kappa shape index (κ2) is 7.42. The molecule has 24 heavy (non-hydrogen) atoms. The SMILES string of the molecule is COCCN(Cc1nc2ccccc2o1)C(=O)c1ccc(Cl)nc1. The Morgan fingerprint density at radius 1 is 1.29 bits per heavy atom. The first-order valence-electron chi connectivity index (χ1n) is 7.41. The average Bonchev–Trinajstić information content (AvgIpc) is 3.01.